The fraction of sp³-hybridized carbons (Fsp3) is 0.0667. The molecule has 0 spiro atoms. The van der Waals surface area contributed by atoms with Crippen LogP contribution in [0.2, 0.25) is 5.15 Å². The highest BCUT2D eigenvalue weighted by molar-refractivity contribution is 6.32. The quantitative estimate of drug-likeness (QED) is 0.670. The van der Waals surface area contributed by atoms with Crippen molar-refractivity contribution < 1.29 is 9.18 Å². The van der Waals surface area contributed by atoms with E-state index in [2.05, 4.69) is 25.3 Å². The lowest BCUT2D eigenvalue weighted by Gasteiger charge is -2.09. The van der Waals surface area contributed by atoms with Gasteiger partial charge in [0.05, 0.1) is 17.9 Å². The molecule has 3 rings (SSSR count). The number of H-pyrrole nitrogens is 1. The van der Waals surface area contributed by atoms with Crippen molar-refractivity contribution in [2.45, 2.75) is 6.54 Å². The van der Waals surface area contributed by atoms with Gasteiger partial charge >= 0.3 is 0 Å². The van der Waals surface area contributed by atoms with Gasteiger partial charge < -0.3 is 16.0 Å². The predicted molar refractivity (Wildman–Crippen MR) is 86.6 cm³/mol. The number of pyridine rings is 1. The summed E-state index contributed by atoms with van der Waals surface area (Å²) in [7, 11) is 0. The number of hydrogen-bond donors (Lipinski definition) is 3. The topological polar surface area (TPSA) is 110 Å². The number of nitrogen functional groups attached to an aromatic ring is 1. The van der Waals surface area contributed by atoms with Gasteiger partial charge in [-0.3, -0.25) is 9.78 Å². The van der Waals surface area contributed by atoms with E-state index < -0.39 is 11.7 Å². The highest BCUT2D eigenvalue weighted by atomic mass is 35.5. The van der Waals surface area contributed by atoms with E-state index in [1.807, 2.05) is 0 Å². The molecular formula is C15H12ClFN6O. The van der Waals surface area contributed by atoms with Crippen LogP contribution in [0.1, 0.15) is 16.2 Å². The second-order valence-corrected chi connectivity index (χ2v) is 5.15. The van der Waals surface area contributed by atoms with E-state index >= 15 is 0 Å². The summed E-state index contributed by atoms with van der Waals surface area (Å²) in [6.45, 7) is -0.109. The maximum atomic E-state index is 13.5. The number of aromatic nitrogens is 4. The fourth-order valence-corrected chi connectivity index (χ4v) is 2.27. The Kier molecular flexibility index (Phi) is 4.39. The number of halogens is 2. The lowest BCUT2D eigenvalue weighted by Crippen LogP contribution is -2.26. The van der Waals surface area contributed by atoms with Gasteiger partial charge in [-0.25, -0.2) is 14.4 Å². The lowest BCUT2D eigenvalue weighted by molar-refractivity contribution is 0.0946. The van der Waals surface area contributed by atoms with Crippen LogP contribution in [0.15, 0.2) is 36.7 Å². The normalized spacial score (nSPS) is 10.6. The van der Waals surface area contributed by atoms with Crippen LogP contribution in [0.4, 0.5) is 10.2 Å². The Morgan fingerprint density at radius 1 is 1.33 bits per heavy atom. The van der Waals surface area contributed by atoms with Crippen molar-refractivity contribution in [2.75, 3.05) is 5.73 Å². The molecule has 0 unspecified atom stereocenters. The number of carbonyl (C=O) groups excluding carboxylic acids is 1. The monoisotopic (exact) mass is 346 g/mol. The summed E-state index contributed by atoms with van der Waals surface area (Å²) in [4.78, 5) is 27.1. The van der Waals surface area contributed by atoms with Gasteiger partial charge in [-0.15, -0.1) is 0 Å². The minimum Gasteiger partial charge on any atom is -0.382 e. The fourth-order valence-electron chi connectivity index (χ4n) is 2.04. The molecule has 122 valence electrons. The van der Waals surface area contributed by atoms with E-state index in [1.165, 1.54) is 18.3 Å². The highest BCUT2D eigenvalue weighted by Gasteiger charge is 2.18. The number of hydrogen-bond acceptors (Lipinski definition) is 5. The molecule has 24 heavy (non-hydrogen) atoms. The molecule has 0 aromatic carbocycles. The first kappa shape index (κ1) is 15.9. The van der Waals surface area contributed by atoms with E-state index in [0.717, 1.165) is 0 Å². The molecule has 9 heteroatoms. The van der Waals surface area contributed by atoms with Gasteiger partial charge in [0.1, 0.15) is 11.5 Å². The number of nitrogens with two attached hydrogens (primary N) is 1. The third kappa shape index (κ3) is 3.18. The first-order valence-electron chi connectivity index (χ1n) is 6.90. The molecule has 1 amide bonds. The number of nitrogens with one attached hydrogen (secondary N) is 2. The Bertz CT molecular complexity index is 884. The molecule has 0 fully saturated rings. The molecule has 0 saturated carbocycles. The number of amides is 1. The second kappa shape index (κ2) is 6.63. The Morgan fingerprint density at radius 3 is 2.88 bits per heavy atom. The molecule has 3 heterocycles. The zero-order valence-electron chi connectivity index (χ0n) is 12.3. The SMILES string of the molecule is Nc1nc(-c2ccc[nH]2)c(Cl)nc1C(=O)NCc1ncccc1F. The van der Waals surface area contributed by atoms with Crippen molar-refractivity contribution in [3.63, 3.8) is 0 Å². The molecule has 0 aliphatic rings. The number of anilines is 1. The van der Waals surface area contributed by atoms with Crippen LogP contribution in [0.25, 0.3) is 11.4 Å². The Labute approximate surface area is 141 Å². The van der Waals surface area contributed by atoms with Crippen LogP contribution in [0.3, 0.4) is 0 Å². The molecule has 0 aliphatic carbocycles. The summed E-state index contributed by atoms with van der Waals surface area (Å²) in [6, 6.07) is 6.23. The first-order valence-corrected chi connectivity index (χ1v) is 7.28. The second-order valence-electron chi connectivity index (χ2n) is 4.80. The first-order chi connectivity index (χ1) is 11.6. The van der Waals surface area contributed by atoms with Crippen LogP contribution in [0.5, 0.6) is 0 Å². The summed E-state index contributed by atoms with van der Waals surface area (Å²) >= 11 is 6.08. The highest BCUT2D eigenvalue weighted by Crippen LogP contribution is 2.25. The van der Waals surface area contributed by atoms with Gasteiger partial charge in [-0.2, -0.15) is 0 Å². The lowest BCUT2D eigenvalue weighted by atomic mass is 10.3. The van der Waals surface area contributed by atoms with Crippen molar-refractivity contribution in [2.24, 2.45) is 0 Å². The summed E-state index contributed by atoms with van der Waals surface area (Å²) in [5.41, 5.74) is 6.74. The maximum absolute atomic E-state index is 13.5. The molecule has 0 radical (unpaired) electrons. The molecular weight excluding hydrogens is 335 g/mol. The van der Waals surface area contributed by atoms with E-state index in [0.29, 0.717) is 11.4 Å². The van der Waals surface area contributed by atoms with Crippen LogP contribution >= 0.6 is 11.6 Å². The van der Waals surface area contributed by atoms with Gasteiger partial charge in [-0.1, -0.05) is 11.6 Å². The largest absolute Gasteiger partial charge is 0.382 e. The van der Waals surface area contributed by atoms with E-state index in [-0.39, 0.29) is 28.9 Å². The van der Waals surface area contributed by atoms with E-state index in [9.17, 15) is 9.18 Å². The minimum absolute atomic E-state index is 0.0285. The third-order valence-corrected chi connectivity index (χ3v) is 3.46. The van der Waals surface area contributed by atoms with Crippen LogP contribution in [-0.2, 0) is 6.54 Å². The van der Waals surface area contributed by atoms with Crippen molar-refractivity contribution in [3.05, 3.63) is 59.0 Å². The molecule has 0 bridgehead atoms. The number of rotatable bonds is 4. The predicted octanol–water partition coefficient (Wildman–Crippen LogP) is 2.17. The summed E-state index contributed by atoms with van der Waals surface area (Å²) < 4.78 is 13.5. The van der Waals surface area contributed by atoms with Gasteiger partial charge in [0, 0.05) is 12.4 Å². The van der Waals surface area contributed by atoms with Gasteiger partial charge in [0.2, 0.25) is 0 Å². The Balaban J connectivity index is 1.80. The van der Waals surface area contributed by atoms with Crippen LogP contribution in [-0.4, -0.2) is 25.8 Å². The maximum Gasteiger partial charge on any atom is 0.274 e. The summed E-state index contributed by atoms with van der Waals surface area (Å²) in [6.07, 6.45) is 3.13. The minimum atomic E-state index is -0.620. The van der Waals surface area contributed by atoms with Gasteiger partial charge in [0.15, 0.2) is 16.7 Å². The van der Waals surface area contributed by atoms with Gasteiger partial charge in [-0.05, 0) is 24.3 Å². The van der Waals surface area contributed by atoms with Gasteiger partial charge in [0.25, 0.3) is 5.91 Å². The number of aromatic amines is 1. The third-order valence-electron chi connectivity index (χ3n) is 3.20. The zero-order chi connectivity index (χ0) is 17.1. The number of carbonyl (C=O) groups is 1. The number of nitrogens with zero attached hydrogens (tertiary/aromatic N) is 3. The average molecular weight is 347 g/mol. The smallest absolute Gasteiger partial charge is 0.274 e. The Hall–Kier alpha value is -3.00. The molecule has 0 atom stereocenters. The van der Waals surface area contributed by atoms with Crippen LogP contribution in [0, 0.1) is 5.82 Å². The molecule has 0 saturated heterocycles. The summed E-state index contributed by atoms with van der Waals surface area (Å²) in [5, 5.41) is 2.52. The van der Waals surface area contributed by atoms with Crippen molar-refractivity contribution in [1.82, 2.24) is 25.3 Å². The van der Waals surface area contributed by atoms with E-state index in [1.54, 1.807) is 18.3 Å². The zero-order valence-corrected chi connectivity index (χ0v) is 13.0. The molecule has 0 aliphatic heterocycles. The average Bonchev–Trinajstić information content (AvgIpc) is 3.10. The van der Waals surface area contributed by atoms with Crippen LogP contribution < -0.4 is 11.1 Å². The molecule has 4 N–H and O–H groups in total. The Morgan fingerprint density at radius 2 is 2.17 bits per heavy atom. The van der Waals surface area contributed by atoms with E-state index in [4.69, 9.17) is 17.3 Å². The van der Waals surface area contributed by atoms with Crippen molar-refractivity contribution in [3.8, 4) is 11.4 Å². The summed E-state index contributed by atoms with van der Waals surface area (Å²) in [5.74, 6) is -1.22. The molecule has 3 aromatic rings. The van der Waals surface area contributed by atoms with Crippen molar-refractivity contribution in [1.29, 1.82) is 0 Å². The standard InChI is InChI=1S/C15H12ClFN6O/c16-13-11(9-4-2-6-19-9)23-14(18)12(22-13)15(24)21-7-10-8(17)3-1-5-20-10/h1-6,19H,7H2,(H2,18,23)(H,21,24). The molecule has 7 nitrogen and oxygen atoms in total. The van der Waals surface area contributed by atoms with Crippen molar-refractivity contribution >= 4 is 23.3 Å². The molecule has 3 aromatic heterocycles.